The van der Waals surface area contributed by atoms with Crippen LogP contribution in [0.3, 0.4) is 0 Å². The molecule has 0 unspecified atom stereocenters. The van der Waals surface area contributed by atoms with Gasteiger partial charge in [-0.3, -0.25) is 14.9 Å². The molecule has 2 amide bonds. The lowest BCUT2D eigenvalue weighted by molar-refractivity contribution is -0.143. The number of nitrogens with zero attached hydrogens (tertiary/aromatic N) is 4. The Balaban J connectivity index is 1.54. The zero-order chi connectivity index (χ0) is 15.4. The molecule has 2 N–H and O–H groups in total. The Labute approximate surface area is 127 Å². The van der Waals surface area contributed by atoms with Gasteiger partial charge in [0.05, 0.1) is 0 Å². The number of piperazine rings is 1. The van der Waals surface area contributed by atoms with Crippen molar-refractivity contribution in [2.24, 2.45) is 0 Å². The molecule has 0 bridgehead atoms. The molecule has 1 aromatic carbocycles. The van der Waals surface area contributed by atoms with Crippen LogP contribution in [0.25, 0.3) is 0 Å². The molecule has 0 radical (unpaired) electrons. The molecule has 8 heteroatoms. The lowest BCUT2D eigenvalue weighted by atomic mass is 10.2. The third-order valence-electron chi connectivity index (χ3n) is 3.53. The Hall–Kier alpha value is -2.90. The lowest BCUT2D eigenvalue weighted by Gasteiger charge is -2.35. The average molecular weight is 300 g/mol. The van der Waals surface area contributed by atoms with Crippen molar-refractivity contribution in [3.63, 3.8) is 0 Å². The van der Waals surface area contributed by atoms with E-state index in [0.29, 0.717) is 26.2 Å². The summed E-state index contributed by atoms with van der Waals surface area (Å²) in [5.74, 6) is -1.09. The number of H-pyrrole nitrogens is 1. The first-order valence-corrected chi connectivity index (χ1v) is 6.99. The van der Waals surface area contributed by atoms with Gasteiger partial charge in [0.25, 0.3) is 0 Å². The maximum atomic E-state index is 12.1. The molecule has 2 aromatic rings. The zero-order valence-electron chi connectivity index (χ0n) is 11.9. The quantitative estimate of drug-likeness (QED) is 0.767. The van der Waals surface area contributed by atoms with E-state index < -0.39 is 11.8 Å². The van der Waals surface area contributed by atoms with Gasteiger partial charge in [-0.05, 0) is 12.1 Å². The van der Waals surface area contributed by atoms with E-state index in [2.05, 4.69) is 25.4 Å². The highest BCUT2D eigenvalue weighted by Crippen LogP contribution is 2.15. The fraction of sp³-hybridized carbons (Fsp3) is 0.286. The number of aromatic nitrogens is 3. The molecule has 22 heavy (non-hydrogen) atoms. The second kappa shape index (κ2) is 6.25. The molecule has 1 saturated heterocycles. The number of carbonyl (C=O) groups is 2. The second-order valence-electron chi connectivity index (χ2n) is 4.90. The normalized spacial score (nSPS) is 14.7. The van der Waals surface area contributed by atoms with E-state index in [1.807, 2.05) is 30.3 Å². The maximum absolute atomic E-state index is 12.1. The lowest BCUT2D eigenvalue weighted by Crippen LogP contribution is -2.51. The van der Waals surface area contributed by atoms with Gasteiger partial charge in [-0.15, -0.1) is 0 Å². The summed E-state index contributed by atoms with van der Waals surface area (Å²) < 4.78 is 0. The van der Waals surface area contributed by atoms with Crippen molar-refractivity contribution in [3.05, 3.63) is 36.7 Å². The first-order valence-electron chi connectivity index (χ1n) is 6.99. The number of carbonyl (C=O) groups excluding carboxylic acids is 2. The molecule has 3 rings (SSSR count). The van der Waals surface area contributed by atoms with Gasteiger partial charge in [0, 0.05) is 31.9 Å². The number of aromatic amines is 1. The van der Waals surface area contributed by atoms with Crippen molar-refractivity contribution in [2.75, 3.05) is 36.4 Å². The number of amides is 2. The zero-order valence-corrected chi connectivity index (χ0v) is 11.9. The van der Waals surface area contributed by atoms with E-state index in [1.54, 1.807) is 4.90 Å². The van der Waals surface area contributed by atoms with Crippen LogP contribution >= 0.6 is 0 Å². The molecule has 1 fully saturated rings. The molecule has 114 valence electrons. The van der Waals surface area contributed by atoms with Crippen LogP contribution in [-0.2, 0) is 9.59 Å². The molecule has 2 heterocycles. The molecule has 8 nitrogen and oxygen atoms in total. The Morgan fingerprint density at radius 1 is 1.09 bits per heavy atom. The van der Waals surface area contributed by atoms with Crippen LogP contribution in [0.1, 0.15) is 0 Å². The van der Waals surface area contributed by atoms with Crippen LogP contribution in [-0.4, -0.2) is 58.1 Å². The van der Waals surface area contributed by atoms with Gasteiger partial charge in [-0.2, -0.15) is 10.1 Å². The van der Waals surface area contributed by atoms with Gasteiger partial charge in [0.15, 0.2) is 0 Å². The third-order valence-corrected chi connectivity index (χ3v) is 3.53. The molecule has 0 saturated carbocycles. The largest absolute Gasteiger partial charge is 0.368 e. The third kappa shape index (κ3) is 3.05. The minimum absolute atomic E-state index is 0.168. The van der Waals surface area contributed by atoms with Crippen LogP contribution in [0.15, 0.2) is 36.7 Å². The highest BCUT2D eigenvalue weighted by molar-refractivity contribution is 6.39. The summed E-state index contributed by atoms with van der Waals surface area (Å²) in [4.78, 5) is 31.5. The van der Waals surface area contributed by atoms with Gasteiger partial charge in [-0.25, -0.2) is 5.10 Å². The van der Waals surface area contributed by atoms with E-state index in [-0.39, 0.29) is 5.95 Å². The molecule has 1 aliphatic heterocycles. The number of nitrogens with one attached hydrogen (secondary N) is 2. The number of benzene rings is 1. The number of hydrogen-bond donors (Lipinski definition) is 2. The Morgan fingerprint density at radius 3 is 2.45 bits per heavy atom. The second-order valence-corrected chi connectivity index (χ2v) is 4.90. The fourth-order valence-corrected chi connectivity index (χ4v) is 2.38. The summed E-state index contributed by atoms with van der Waals surface area (Å²) in [6, 6.07) is 10.0. The first-order chi connectivity index (χ1) is 10.7. The molecule has 1 aliphatic rings. The number of hydrogen-bond acceptors (Lipinski definition) is 5. The van der Waals surface area contributed by atoms with Crippen molar-refractivity contribution in [3.8, 4) is 0 Å². The van der Waals surface area contributed by atoms with E-state index >= 15 is 0 Å². The van der Waals surface area contributed by atoms with Crippen molar-refractivity contribution < 1.29 is 9.59 Å². The molecular formula is C14H16N6O2. The monoisotopic (exact) mass is 300 g/mol. The summed E-state index contributed by atoms with van der Waals surface area (Å²) >= 11 is 0. The van der Waals surface area contributed by atoms with Crippen molar-refractivity contribution >= 4 is 23.5 Å². The Kier molecular flexibility index (Phi) is 3.99. The van der Waals surface area contributed by atoms with Crippen LogP contribution < -0.4 is 10.2 Å². The topological polar surface area (TPSA) is 94.2 Å². The smallest absolute Gasteiger partial charge is 0.316 e. The minimum Gasteiger partial charge on any atom is -0.368 e. The highest BCUT2D eigenvalue weighted by Gasteiger charge is 2.26. The summed E-state index contributed by atoms with van der Waals surface area (Å²) in [6.07, 6.45) is 1.26. The van der Waals surface area contributed by atoms with E-state index in [9.17, 15) is 9.59 Å². The van der Waals surface area contributed by atoms with Crippen molar-refractivity contribution in [1.29, 1.82) is 0 Å². The predicted molar refractivity (Wildman–Crippen MR) is 80.2 cm³/mol. The number of anilines is 2. The van der Waals surface area contributed by atoms with E-state index in [1.165, 1.54) is 6.33 Å². The molecule has 0 atom stereocenters. The van der Waals surface area contributed by atoms with Crippen LogP contribution in [0.5, 0.6) is 0 Å². The van der Waals surface area contributed by atoms with Crippen LogP contribution in [0, 0.1) is 0 Å². The van der Waals surface area contributed by atoms with Gasteiger partial charge in [0.2, 0.25) is 5.95 Å². The van der Waals surface area contributed by atoms with Crippen LogP contribution in [0.2, 0.25) is 0 Å². The maximum Gasteiger partial charge on any atom is 0.316 e. The summed E-state index contributed by atoms with van der Waals surface area (Å²) in [5.41, 5.74) is 1.13. The van der Waals surface area contributed by atoms with Crippen LogP contribution in [0.4, 0.5) is 11.6 Å². The minimum atomic E-state index is -0.704. The standard InChI is InChI=1S/C14H16N6O2/c21-12(17-14-15-10-16-18-14)13(22)20-8-6-19(7-9-20)11-4-2-1-3-5-11/h1-5,10H,6-9H2,(H2,15,16,17,18,21). The van der Waals surface area contributed by atoms with Gasteiger partial charge >= 0.3 is 11.8 Å². The predicted octanol–water partition coefficient (Wildman–Crippen LogP) is 0.0920. The molecule has 0 spiro atoms. The van der Waals surface area contributed by atoms with Gasteiger partial charge in [-0.1, -0.05) is 18.2 Å². The number of rotatable bonds is 2. The fourth-order valence-electron chi connectivity index (χ4n) is 2.38. The molecular weight excluding hydrogens is 284 g/mol. The average Bonchev–Trinajstić information content (AvgIpc) is 3.08. The first kappa shape index (κ1) is 14.1. The van der Waals surface area contributed by atoms with E-state index in [0.717, 1.165) is 5.69 Å². The van der Waals surface area contributed by atoms with Gasteiger partial charge < -0.3 is 9.80 Å². The highest BCUT2D eigenvalue weighted by atomic mass is 16.2. The van der Waals surface area contributed by atoms with E-state index in [4.69, 9.17) is 0 Å². The summed E-state index contributed by atoms with van der Waals surface area (Å²) in [7, 11) is 0. The Morgan fingerprint density at radius 2 is 1.82 bits per heavy atom. The molecule has 1 aromatic heterocycles. The SMILES string of the molecule is O=C(Nc1ncn[nH]1)C(=O)N1CCN(c2ccccc2)CC1. The van der Waals surface area contributed by atoms with Crippen molar-refractivity contribution in [1.82, 2.24) is 20.1 Å². The number of para-hydroxylation sites is 1. The van der Waals surface area contributed by atoms with Gasteiger partial charge in [0.1, 0.15) is 6.33 Å². The Bertz CT molecular complexity index is 635. The van der Waals surface area contributed by atoms with Crippen molar-refractivity contribution in [2.45, 2.75) is 0 Å². The summed E-state index contributed by atoms with van der Waals surface area (Å²) in [6.45, 7) is 2.42. The molecule has 0 aliphatic carbocycles. The summed E-state index contributed by atoms with van der Waals surface area (Å²) in [5, 5.41) is 8.48.